The topological polar surface area (TPSA) is 94.2 Å². The largest absolute Gasteiger partial charge is 0.497 e. The van der Waals surface area contributed by atoms with Crippen LogP contribution >= 0.6 is 0 Å². The molecule has 0 aliphatic carbocycles. The first-order valence-corrected chi connectivity index (χ1v) is 13.4. The van der Waals surface area contributed by atoms with Gasteiger partial charge in [0.05, 0.1) is 30.8 Å². The van der Waals surface area contributed by atoms with Crippen molar-refractivity contribution in [3.63, 3.8) is 0 Å². The highest BCUT2D eigenvalue weighted by atomic mass is 32.2. The average molecular weight is 525 g/mol. The zero-order valence-corrected chi connectivity index (χ0v) is 22.5. The minimum atomic E-state index is -4.09. The van der Waals surface area contributed by atoms with E-state index in [4.69, 9.17) is 14.2 Å². The Bertz CT molecular complexity index is 1390. The van der Waals surface area contributed by atoms with Gasteiger partial charge in [0, 0.05) is 12.0 Å². The van der Waals surface area contributed by atoms with Crippen LogP contribution in [0.4, 0.5) is 5.69 Å². The number of ether oxygens (including phenoxy) is 3. The van der Waals surface area contributed by atoms with Crippen molar-refractivity contribution in [2.45, 2.75) is 43.7 Å². The molecule has 1 N–H and O–H groups in total. The first kappa shape index (κ1) is 26.3. The van der Waals surface area contributed by atoms with Crippen molar-refractivity contribution in [3.05, 3.63) is 77.9 Å². The number of anilines is 1. The lowest BCUT2D eigenvalue weighted by Crippen LogP contribution is -2.45. The number of methoxy groups -OCH3 is 2. The lowest BCUT2D eigenvalue weighted by molar-refractivity contribution is -0.120. The van der Waals surface area contributed by atoms with Crippen LogP contribution in [0.5, 0.6) is 17.2 Å². The van der Waals surface area contributed by atoms with E-state index in [1.807, 2.05) is 32.9 Å². The summed E-state index contributed by atoms with van der Waals surface area (Å²) >= 11 is 0. The van der Waals surface area contributed by atoms with Crippen LogP contribution in [0.25, 0.3) is 0 Å². The summed E-state index contributed by atoms with van der Waals surface area (Å²) in [6.07, 6.45) is 0.498. The fraction of sp³-hybridized carbons (Fsp3) is 0.321. The third-order valence-electron chi connectivity index (χ3n) is 6.26. The molecule has 1 aliphatic heterocycles. The van der Waals surface area contributed by atoms with Crippen LogP contribution in [0.2, 0.25) is 0 Å². The van der Waals surface area contributed by atoms with Crippen LogP contribution in [0.15, 0.2) is 71.6 Å². The van der Waals surface area contributed by atoms with Gasteiger partial charge in [-0.05, 0) is 63.2 Å². The standard InChI is InChI=1S/C28H32N2O6S/c1-19-10-13-21(14-11-19)37(32,33)30(24-8-6-7-9-26(24)35-5)18-27(31)29-23-17-28(2,3)36-25-15-12-20(34-4)16-22(23)25/h6-16,23H,17-18H2,1-5H3,(H,29,31). The number of benzene rings is 3. The van der Waals surface area contributed by atoms with Crippen LogP contribution in [0.3, 0.4) is 0 Å². The second-order valence-corrected chi connectivity index (χ2v) is 11.4. The van der Waals surface area contributed by atoms with Crippen molar-refractivity contribution in [1.29, 1.82) is 0 Å². The summed E-state index contributed by atoms with van der Waals surface area (Å²) < 4.78 is 45.6. The van der Waals surface area contributed by atoms with Crippen molar-refractivity contribution in [1.82, 2.24) is 5.32 Å². The molecule has 4 rings (SSSR count). The number of nitrogens with one attached hydrogen (secondary N) is 1. The molecule has 1 aliphatic rings. The quantitative estimate of drug-likeness (QED) is 0.462. The molecule has 3 aromatic rings. The number of hydrogen-bond acceptors (Lipinski definition) is 6. The Kier molecular flexibility index (Phi) is 7.36. The van der Waals surface area contributed by atoms with Crippen LogP contribution in [-0.4, -0.2) is 40.7 Å². The molecule has 0 saturated carbocycles. The summed E-state index contributed by atoms with van der Waals surface area (Å²) in [7, 11) is -1.05. The Labute approximate surface area is 218 Å². The lowest BCUT2D eigenvalue weighted by atomic mass is 9.89. The smallest absolute Gasteiger partial charge is 0.264 e. The van der Waals surface area contributed by atoms with E-state index in [1.54, 1.807) is 49.6 Å². The number of amides is 1. The van der Waals surface area contributed by atoms with E-state index in [9.17, 15) is 13.2 Å². The van der Waals surface area contributed by atoms with Crippen LogP contribution < -0.4 is 23.8 Å². The van der Waals surface area contributed by atoms with Crippen molar-refractivity contribution >= 4 is 21.6 Å². The Balaban J connectivity index is 1.69. The molecule has 0 saturated heterocycles. The van der Waals surface area contributed by atoms with Gasteiger partial charge in [0.1, 0.15) is 29.4 Å². The molecule has 0 radical (unpaired) electrons. The van der Waals surface area contributed by atoms with Gasteiger partial charge in [0.15, 0.2) is 0 Å². The summed E-state index contributed by atoms with van der Waals surface area (Å²) in [5.74, 6) is 1.17. The number of fused-ring (bicyclic) bond motifs is 1. The first-order valence-electron chi connectivity index (χ1n) is 11.9. The summed E-state index contributed by atoms with van der Waals surface area (Å²) in [6, 6.07) is 18.3. The maximum Gasteiger partial charge on any atom is 0.264 e. The third kappa shape index (κ3) is 5.67. The van der Waals surface area contributed by atoms with Gasteiger partial charge in [0.25, 0.3) is 10.0 Å². The predicted octanol–water partition coefficient (Wildman–Crippen LogP) is 4.63. The van der Waals surface area contributed by atoms with Gasteiger partial charge in [-0.25, -0.2) is 8.42 Å². The van der Waals surface area contributed by atoms with Crippen LogP contribution in [0, 0.1) is 6.92 Å². The van der Waals surface area contributed by atoms with Crippen molar-refractivity contribution in [2.75, 3.05) is 25.1 Å². The highest BCUT2D eigenvalue weighted by Gasteiger charge is 2.36. The Morgan fingerprint density at radius 1 is 1.05 bits per heavy atom. The van der Waals surface area contributed by atoms with Crippen molar-refractivity contribution in [2.24, 2.45) is 0 Å². The molecule has 0 spiro atoms. The van der Waals surface area contributed by atoms with Gasteiger partial charge >= 0.3 is 0 Å². The second-order valence-electron chi connectivity index (χ2n) is 9.59. The van der Waals surface area contributed by atoms with E-state index in [0.717, 1.165) is 15.4 Å². The lowest BCUT2D eigenvalue weighted by Gasteiger charge is -2.38. The van der Waals surface area contributed by atoms with E-state index in [0.29, 0.717) is 23.7 Å². The number of carbonyl (C=O) groups excluding carboxylic acids is 1. The molecule has 0 fully saturated rings. The van der Waals surface area contributed by atoms with Gasteiger partial charge in [-0.1, -0.05) is 29.8 Å². The van der Waals surface area contributed by atoms with E-state index >= 15 is 0 Å². The molecular weight excluding hydrogens is 492 g/mol. The molecule has 0 bridgehead atoms. The minimum absolute atomic E-state index is 0.0825. The molecule has 9 heteroatoms. The third-order valence-corrected chi connectivity index (χ3v) is 8.03. The Morgan fingerprint density at radius 3 is 2.43 bits per heavy atom. The number of aryl methyl sites for hydroxylation is 1. The summed E-state index contributed by atoms with van der Waals surface area (Å²) in [5.41, 5.74) is 1.44. The van der Waals surface area contributed by atoms with Gasteiger partial charge in [-0.3, -0.25) is 9.10 Å². The Hall–Kier alpha value is -3.72. The van der Waals surface area contributed by atoms with E-state index in [2.05, 4.69) is 5.32 Å². The molecule has 0 aromatic heterocycles. The number of rotatable bonds is 8. The highest BCUT2D eigenvalue weighted by molar-refractivity contribution is 7.92. The average Bonchev–Trinajstić information content (AvgIpc) is 2.86. The fourth-order valence-corrected chi connectivity index (χ4v) is 5.86. The predicted molar refractivity (Wildman–Crippen MR) is 142 cm³/mol. The molecule has 1 atom stereocenters. The van der Waals surface area contributed by atoms with Crippen molar-refractivity contribution < 1.29 is 27.4 Å². The first-order chi connectivity index (χ1) is 17.5. The van der Waals surface area contributed by atoms with Crippen LogP contribution in [0.1, 0.15) is 37.4 Å². The molecule has 1 heterocycles. The van der Waals surface area contributed by atoms with Gasteiger partial charge < -0.3 is 19.5 Å². The number of nitrogens with zero attached hydrogens (tertiary/aromatic N) is 1. The highest BCUT2D eigenvalue weighted by Crippen LogP contribution is 2.41. The van der Waals surface area contributed by atoms with E-state index in [1.165, 1.54) is 19.2 Å². The molecule has 196 valence electrons. The summed E-state index contributed by atoms with van der Waals surface area (Å²) in [5, 5.41) is 3.03. The fourth-order valence-electron chi connectivity index (χ4n) is 4.43. The number of hydrogen-bond donors (Lipinski definition) is 1. The molecule has 8 nitrogen and oxygen atoms in total. The van der Waals surface area contributed by atoms with Gasteiger partial charge in [0.2, 0.25) is 5.91 Å². The number of sulfonamides is 1. The SMILES string of the molecule is COc1ccc2c(c1)C(NC(=O)CN(c1ccccc1OC)S(=O)(=O)c1ccc(C)cc1)CC(C)(C)O2. The second kappa shape index (κ2) is 10.3. The normalized spacial score (nSPS) is 16.2. The monoisotopic (exact) mass is 524 g/mol. The summed E-state index contributed by atoms with van der Waals surface area (Å²) in [4.78, 5) is 13.6. The minimum Gasteiger partial charge on any atom is -0.497 e. The molecule has 1 unspecified atom stereocenters. The van der Waals surface area contributed by atoms with Gasteiger partial charge in [-0.2, -0.15) is 0 Å². The van der Waals surface area contributed by atoms with E-state index < -0.39 is 34.1 Å². The Morgan fingerprint density at radius 2 is 1.76 bits per heavy atom. The van der Waals surface area contributed by atoms with Crippen molar-refractivity contribution in [3.8, 4) is 17.2 Å². The number of carbonyl (C=O) groups is 1. The molecule has 3 aromatic carbocycles. The number of para-hydroxylation sites is 2. The zero-order chi connectivity index (χ0) is 26.8. The molecular formula is C28H32N2O6S. The van der Waals surface area contributed by atoms with E-state index in [-0.39, 0.29) is 10.6 Å². The van der Waals surface area contributed by atoms with Crippen LogP contribution in [-0.2, 0) is 14.8 Å². The molecule has 1 amide bonds. The maximum atomic E-state index is 13.8. The maximum absolute atomic E-state index is 13.8. The zero-order valence-electron chi connectivity index (χ0n) is 21.6. The molecule has 37 heavy (non-hydrogen) atoms. The summed E-state index contributed by atoms with van der Waals surface area (Å²) in [6.45, 7) is 5.34. The van der Waals surface area contributed by atoms with Gasteiger partial charge in [-0.15, -0.1) is 0 Å².